The van der Waals surface area contributed by atoms with Crippen molar-refractivity contribution in [1.29, 1.82) is 0 Å². The summed E-state index contributed by atoms with van der Waals surface area (Å²) in [6.07, 6.45) is 0.516. The molecular formula is C16H26N2O. The Morgan fingerprint density at radius 1 is 1.11 bits per heavy atom. The molecule has 3 nitrogen and oxygen atoms in total. The van der Waals surface area contributed by atoms with Crippen LogP contribution in [-0.4, -0.2) is 18.0 Å². The van der Waals surface area contributed by atoms with E-state index in [9.17, 15) is 4.79 Å². The summed E-state index contributed by atoms with van der Waals surface area (Å²) in [7, 11) is 0. The van der Waals surface area contributed by atoms with Crippen LogP contribution in [0, 0.1) is 13.8 Å². The van der Waals surface area contributed by atoms with Gasteiger partial charge in [0.15, 0.2) is 0 Å². The zero-order valence-electron chi connectivity index (χ0n) is 12.8. The van der Waals surface area contributed by atoms with Gasteiger partial charge in [-0.05, 0) is 40.2 Å². The second-order valence-electron chi connectivity index (χ2n) is 6.22. The predicted molar refractivity (Wildman–Crippen MR) is 80.1 cm³/mol. The molecule has 0 atom stereocenters. The average molecular weight is 262 g/mol. The van der Waals surface area contributed by atoms with Gasteiger partial charge in [0, 0.05) is 25.0 Å². The fourth-order valence-electron chi connectivity index (χ4n) is 2.09. The number of aryl methyl sites for hydroxylation is 2. The van der Waals surface area contributed by atoms with Crippen molar-refractivity contribution < 1.29 is 4.79 Å². The first kappa shape index (κ1) is 15.7. The maximum atomic E-state index is 11.6. The summed E-state index contributed by atoms with van der Waals surface area (Å²) in [5.41, 5.74) is 3.68. The van der Waals surface area contributed by atoms with Crippen molar-refractivity contribution in [2.24, 2.45) is 0 Å². The Morgan fingerprint density at radius 2 is 1.68 bits per heavy atom. The van der Waals surface area contributed by atoms with E-state index in [-0.39, 0.29) is 11.4 Å². The normalized spacial score (nSPS) is 11.4. The van der Waals surface area contributed by atoms with Crippen LogP contribution in [0.1, 0.15) is 43.9 Å². The molecule has 0 saturated carbocycles. The van der Waals surface area contributed by atoms with Gasteiger partial charge in [-0.25, -0.2) is 0 Å². The zero-order valence-corrected chi connectivity index (χ0v) is 12.8. The van der Waals surface area contributed by atoms with Gasteiger partial charge in [0.25, 0.3) is 0 Å². The lowest BCUT2D eigenvalue weighted by Gasteiger charge is -2.20. The molecule has 1 aromatic rings. The third-order valence-corrected chi connectivity index (χ3v) is 2.65. The van der Waals surface area contributed by atoms with Gasteiger partial charge in [-0.2, -0.15) is 0 Å². The highest BCUT2D eigenvalue weighted by Crippen LogP contribution is 2.08. The van der Waals surface area contributed by atoms with Crippen molar-refractivity contribution in [2.75, 3.05) is 6.54 Å². The summed E-state index contributed by atoms with van der Waals surface area (Å²) in [4.78, 5) is 11.6. The smallest absolute Gasteiger partial charge is 0.221 e. The number of rotatable bonds is 5. The van der Waals surface area contributed by atoms with Crippen LogP contribution in [0.3, 0.4) is 0 Å². The van der Waals surface area contributed by atoms with Crippen LogP contribution in [-0.2, 0) is 11.3 Å². The van der Waals surface area contributed by atoms with E-state index >= 15 is 0 Å². The molecule has 0 aliphatic rings. The summed E-state index contributed by atoms with van der Waals surface area (Å²) < 4.78 is 0. The third-order valence-electron chi connectivity index (χ3n) is 2.65. The van der Waals surface area contributed by atoms with Crippen molar-refractivity contribution in [1.82, 2.24) is 10.6 Å². The lowest BCUT2D eigenvalue weighted by Crippen LogP contribution is -2.41. The van der Waals surface area contributed by atoms with Crippen LogP contribution in [0.5, 0.6) is 0 Å². The SMILES string of the molecule is Cc1cc(C)cc(CNCCC(=O)NC(C)(C)C)c1. The van der Waals surface area contributed by atoms with E-state index in [0.717, 1.165) is 6.54 Å². The monoisotopic (exact) mass is 262 g/mol. The summed E-state index contributed by atoms with van der Waals surface area (Å²) in [6.45, 7) is 11.7. The van der Waals surface area contributed by atoms with Gasteiger partial charge in [0.2, 0.25) is 5.91 Å². The predicted octanol–water partition coefficient (Wildman–Crippen LogP) is 2.70. The number of carbonyl (C=O) groups excluding carboxylic acids is 1. The molecule has 0 spiro atoms. The molecule has 1 amide bonds. The number of hydrogen-bond donors (Lipinski definition) is 2. The Hall–Kier alpha value is -1.35. The molecule has 0 aliphatic carbocycles. The first-order chi connectivity index (χ1) is 8.76. The second kappa shape index (κ2) is 6.71. The van der Waals surface area contributed by atoms with Crippen molar-refractivity contribution in [3.63, 3.8) is 0 Å². The van der Waals surface area contributed by atoms with Crippen LogP contribution in [0.25, 0.3) is 0 Å². The average Bonchev–Trinajstić information content (AvgIpc) is 2.20. The molecule has 0 radical (unpaired) electrons. The summed E-state index contributed by atoms with van der Waals surface area (Å²) in [5, 5.41) is 6.27. The molecule has 0 aliphatic heterocycles. The minimum absolute atomic E-state index is 0.0976. The van der Waals surface area contributed by atoms with E-state index < -0.39 is 0 Å². The van der Waals surface area contributed by atoms with E-state index in [1.807, 2.05) is 20.8 Å². The van der Waals surface area contributed by atoms with E-state index in [1.165, 1.54) is 16.7 Å². The number of amides is 1. The Morgan fingerprint density at radius 3 is 2.21 bits per heavy atom. The third kappa shape index (κ3) is 6.97. The number of carbonyl (C=O) groups is 1. The Labute approximate surface area is 116 Å². The van der Waals surface area contributed by atoms with Crippen molar-refractivity contribution in [2.45, 2.75) is 53.1 Å². The Balaban J connectivity index is 2.29. The lowest BCUT2D eigenvalue weighted by molar-refractivity contribution is -0.122. The fourth-order valence-corrected chi connectivity index (χ4v) is 2.09. The summed E-state index contributed by atoms with van der Waals surface area (Å²) in [5.74, 6) is 0.0976. The van der Waals surface area contributed by atoms with Gasteiger partial charge < -0.3 is 10.6 Å². The second-order valence-corrected chi connectivity index (χ2v) is 6.22. The van der Waals surface area contributed by atoms with Crippen LogP contribution < -0.4 is 10.6 Å². The van der Waals surface area contributed by atoms with Gasteiger partial charge >= 0.3 is 0 Å². The van der Waals surface area contributed by atoms with Gasteiger partial charge in [0.1, 0.15) is 0 Å². The minimum atomic E-state index is -0.148. The zero-order chi connectivity index (χ0) is 14.5. The molecule has 1 rings (SSSR count). The van der Waals surface area contributed by atoms with Gasteiger partial charge in [0.05, 0.1) is 0 Å². The topological polar surface area (TPSA) is 41.1 Å². The number of hydrogen-bond acceptors (Lipinski definition) is 2. The van der Waals surface area contributed by atoms with Crippen LogP contribution in [0.4, 0.5) is 0 Å². The highest BCUT2D eigenvalue weighted by Gasteiger charge is 2.12. The maximum absolute atomic E-state index is 11.6. The van der Waals surface area contributed by atoms with Crippen molar-refractivity contribution >= 4 is 5.91 Å². The molecule has 106 valence electrons. The van der Waals surface area contributed by atoms with Crippen molar-refractivity contribution in [3.05, 3.63) is 34.9 Å². The van der Waals surface area contributed by atoms with Crippen LogP contribution in [0.2, 0.25) is 0 Å². The number of benzene rings is 1. The number of nitrogens with one attached hydrogen (secondary N) is 2. The molecule has 19 heavy (non-hydrogen) atoms. The molecule has 3 heteroatoms. The summed E-state index contributed by atoms with van der Waals surface area (Å²) in [6, 6.07) is 6.52. The molecule has 0 heterocycles. The molecule has 2 N–H and O–H groups in total. The molecule has 0 bridgehead atoms. The lowest BCUT2D eigenvalue weighted by atomic mass is 10.1. The highest BCUT2D eigenvalue weighted by molar-refractivity contribution is 5.76. The van der Waals surface area contributed by atoms with E-state index in [2.05, 4.69) is 42.7 Å². The van der Waals surface area contributed by atoms with Crippen LogP contribution in [0.15, 0.2) is 18.2 Å². The molecule has 0 unspecified atom stereocenters. The summed E-state index contributed by atoms with van der Waals surface area (Å²) >= 11 is 0. The Bertz CT molecular complexity index is 413. The first-order valence-corrected chi connectivity index (χ1v) is 6.85. The molecule has 0 fully saturated rings. The molecule has 1 aromatic carbocycles. The van der Waals surface area contributed by atoms with E-state index in [0.29, 0.717) is 13.0 Å². The van der Waals surface area contributed by atoms with E-state index in [1.54, 1.807) is 0 Å². The van der Waals surface area contributed by atoms with Crippen LogP contribution >= 0.6 is 0 Å². The standard InChI is InChI=1S/C16H26N2O/c1-12-8-13(2)10-14(9-12)11-17-7-6-15(19)18-16(3,4)5/h8-10,17H,6-7,11H2,1-5H3,(H,18,19). The molecular weight excluding hydrogens is 236 g/mol. The minimum Gasteiger partial charge on any atom is -0.351 e. The van der Waals surface area contributed by atoms with Gasteiger partial charge in [-0.3, -0.25) is 4.79 Å². The quantitative estimate of drug-likeness (QED) is 0.801. The fraction of sp³-hybridized carbons (Fsp3) is 0.562. The largest absolute Gasteiger partial charge is 0.351 e. The highest BCUT2D eigenvalue weighted by atomic mass is 16.1. The van der Waals surface area contributed by atoms with Gasteiger partial charge in [-0.15, -0.1) is 0 Å². The molecule has 0 aromatic heterocycles. The maximum Gasteiger partial charge on any atom is 0.221 e. The van der Waals surface area contributed by atoms with E-state index in [4.69, 9.17) is 0 Å². The van der Waals surface area contributed by atoms with Gasteiger partial charge in [-0.1, -0.05) is 29.3 Å². The molecule has 0 saturated heterocycles. The Kier molecular flexibility index (Phi) is 5.55. The van der Waals surface area contributed by atoms with Crippen molar-refractivity contribution in [3.8, 4) is 0 Å². The first-order valence-electron chi connectivity index (χ1n) is 6.85.